The van der Waals surface area contributed by atoms with E-state index in [9.17, 15) is 4.79 Å². The molecule has 1 rings (SSSR count). The summed E-state index contributed by atoms with van der Waals surface area (Å²) in [6.45, 7) is 2.63. The molecule has 0 spiro atoms. The standard InChI is InChI=1S/C12H16BrClN2O/c1-8(7-15)2-5-12(17)16-11-4-3-9(13)6-10(11)14/h3-4,6,8H,2,5,7,15H2,1H3,(H,16,17). The minimum absolute atomic E-state index is 0.0328. The summed E-state index contributed by atoms with van der Waals surface area (Å²) in [5.74, 6) is 0.329. The first-order valence-electron chi connectivity index (χ1n) is 5.48. The molecule has 0 aliphatic rings. The lowest BCUT2D eigenvalue weighted by molar-refractivity contribution is -0.116. The molecule has 1 atom stereocenters. The van der Waals surface area contributed by atoms with Gasteiger partial charge in [-0.25, -0.2) is 0 Å². The highest BCUT2D eigenvalue weighted by Crippen LogP contribution is 2.25. The predicted molar refractivity (Wildman–Crippen MR) is 75.2 cm³/mol. The van der Waals surface area contributed by atoms with Crippen LogP contribution in [0.3, 0.4) is 0 Å². The van der Waals surface area contributed by atoms with E-state index in [-0.39, 0.29) is 5.91 Å². The maximum absolute atomic E-state index is 11.6. The molecule has 0 heterocycles. The van der Waals surface area contributed by atoms with Gasteiger partial charge in [0.15, 0.2) is 0 Å². The third-order valence-corrected chi connectivity index (χ3v) is 3.28. The first kappa shape index (κ1) is 14.5. The van der Waals surface area contributed by atoms with Gasteiger partial charge in [-0.05, 0) is 37.1 Å². The molecule has 0 radical (unpaired) electrons. The molecule has 94 valence electrons. The molecular formula is C12H16BrClN2O. The second-order valence-corrected chi connectivity index (χ2v) is 5.37. The number of carbonyl (C=O) groups is 1. The van der Waals surface area contributed by atoms with Crippen molar-refractivity contribution in [2.45, 2.75) is 19.8 Å². The number of nitrogens with two attached hydrogens (primary N) is 1. The number of benzene rings is 1. The SMILES string of the molecule is CC(CN)CCC(=O)Nc1ccc(Br)cc1Cl. The summed E-state index contributed by atoms with van der Waals surface area (Å²) in [5, 5.41) is 3.31. The Bertz CT molecular complexity index is 398. The number of carbonyl (C=O) groups excluding carboxylic acids is 1. The fourth-order valence-corrected chi connectivity index (χ4v) is 2.02. The van der Waals surface area contributed by atoms with Gasteiger partial charge in [0.05, 0.1) is 10.7 Å². The monoisotopic (exact) mass is 318 g/mol. The van der Waals surface area contributed by atoms with Crippen LogP contribution >= 0.6 is 27.5 Å². The zero-order valence-corrected chi connectivity index (χ0v) is 12.0. The quantitative estimate of drug-likeness (QED) is 0.873. The van der Waals surface area contributed by atoms with Crippen LogP contribution in [0.5, 0.6) is 0 Å². The molecule has 0 bridgehead atoms. The van der Waals surface area contributed by atoms with Gasteiger partial charge in [0.25, 0.3) is 0 Å². The molecule has 1 unspecified atom stereocenters. The van der Waals surface area contributed by atoms with Crippen molar-refractivity contribution < 1.29 is 4.79 Å². The number of amides is 1. The van der Waals surface area contributed by atoms with Crippen LogP contribution in [0.1, 0.15) is 19.8 Å². The molecule has 0 fully saturated rings. The van der Waals surface area contributed by atoms with Gasteiger partial charge in [-0.1, -0.05) is 34.5 Å². The molecule has 3 nitrogen and oxygen atoms in total. The van der Waals surface area contributed by atoms with Crippen molar-refractivity contribution in [1.29, 1.82) is 0 Å². The third-order valence-electron chi connectivity index (χ3n) is 2.47. The number of halogens is 2. The highest BCUT2D eigenvalue weighted by molar-refractivity contribution is 9.10. The Morgan fingerprint density at radius 1 is 1.59 bits per heavy atom. The maximum atomic E-state index is 11.6. The van der Waals surface area contributed by atoms with Gasteiger partial charge < -0.3 is 11.1 Å². The van der Waals surface area contributed by atoms with E-state index >= 15 is 0 Å². The minimum atomic E-state index is -0.0328. The molecule has 1 amide bonds. The Balaban J connectivity index is 2.50. The molecule has 5 heteroatoms. The first-order chi connectivity index (χ1) is 8.02. The molecular weight excluding hydrogens is 304 g/mol. The van der Waals surface area contributed by atoms with Gasteiger partial charge in [-0.3, -0.25) is 4.79 Å². The fourth-order valence-electron chi connectivity index (χ4n) is 1.30. The number of hydrogen-bond donors (Lipinski definition) is 2. The van der Waals surface area contributed by atoms with E-state index in [1.165, 1.54) is 0 Å². The minimum Gasteiger partial charge on any atom is -0.330 e. The maximum Gasteiger partial charge on any atom is 0.224 e. The van der Waals surface area contributed by atoms with Crippen LogP contribution < -0.4 is 11.1 Å². The molecule has 0 aromatic heterocycles. The number of rotatable bonds is 5. The zero-order valence-electron chi connectivity index (χ0n) is 9.67. The van der Waals surface area contributed by atoms with Crippen molar-refractivity contribution >= 4 is 39.1 Å². The van der Waals surface area contributed by atoms with Gasteiger partial charge in [-0.2, -0.15) is 0 Å². The predicted octanol–water partition coefficient (Wildman–Crippen LogP) is 3.42. The van der Waals surface area contributed by atoms with Crippen molar-refractivity contribution in [3.8, 4) is 0 Å². The molecule has 0 aliphatic heterocycles. The van der Waals surface area contributed by atoms with Crippen LogP contribution in [0.4, 0.5) is 5.69 Å². The smallest absolute Gasteiger partial charge is 0.224 e. The number of nitrogens with one attached hydrogen (secondary N) is 1. The van der Waals surface area contributed by atoms with Crippen molar-refractivity contribution in [3.63, 3.8) is 0 Å². The Labute approximate surface area is 115 Å². The van der Waals surface area contributed by atoms with E-state index in [1.807, 2.05) is 13.0 Å². The fraction of sp³-hybridized carbons (Fsp3) is 0.417. The van der Waals surface area contributed by atoms with E-state index in [4.69, 9.17) is 17.3 Å². The Kier molecular flexibility index (Phi) is 5.95. The van der Waals surface area contributed by atoms with Gasteiger partial charge >= 0.3 is 0 Å². The van der Waals surface area contributed by atoms with E-state index in [1.54, 1.807) is 12.1 Å². The molecule has 3 N–H and O–H groups in total. The highest BCUT2D eigenvalue weighted by atomic mass is 79.9. The second kappa shape index (κ2) is 6.99. The average Bonchev–Trinajstić information content (AvgIpc) is 2.29. The van der Waals surface area contributed by atoms with E-state index < -0.39 is 0 Å². The van der Waals surface area contributed by atoms with Gasteiger partial charge in [0.1, 0.15) is 0 Å². The molecule has 0 aliphatic carbocycles. The number of hydrogen-bond acceptors (Lipinski definition) is 2. The van der Waals surface area contributed by atoms with Gasteiger partial charge in [0, 0.05) is 10.9 Å². The van der Waals surface area contributed by atoms with E-state index in [0.717, 1.165) is 10.9 Å². The van der Waals surface area contributed by atoms with Gasteiger partial charge in [0.2, 0.25) is 5.91 Å². The van der Waals surface area contributed by atoms with Crippen LogP contribution in [0.15, 0.2) is 22.7 Å². The zero-order chi connectivity index (χ0) is 12.8. The normalized spacial score (nSPS) is 12.2. The van der Waals surface area contributed by atoms with E-state index in [2.05, 4.69) is 21.2 Å². The summed E-state index contributed by atoms with van der Waals surface area (Å²) in [6, 6.07) is 5.36. The summed E-state index contributed by atoms with van der Waals surface area (Å²) in [6.07, 6.45) is 1.25. The molecule has 0 saturated carbocycles. The second-order valence-electron chi connectivity index (χ2n) is 4.05. The Morgan fingerprint density at radius 2 is 2.29 bits per heavy atom. The topological polar surface area (TPSA) is 55.1 Å². The van der Waals surface area contributed by atoms with Gasteiger partial charge in [-0.15, -0.1) is 0 Å². The lowest BCUT2D eigenvalue weighted by atomic mass is 10.1. The first-order valence-corrected chi connectivity index (χ1v) is 6.65. The summed E-state index contributed by atoms with van der Waals surface area (Å²) in [4.78, 5) is 11.6. The largest absolute Gasteiger partial charge is 0.330 e. The number of anilines is 1. The Morgan fingerprint density at radius 3 is 2.88 bits per heavy atom. The highest BCUT2D eigenvalue weighted by Gasteiger charge is 2.08. The van der Waals surface area contributed by atoms with Crippen molar-refractivity contribution in [2.75, 3.05) is 11.9 Å². The van der Waals surface area contributed by atoms with Crippen molar-refractivity contribution in [2.24, 2.45) is 11.7 Å². The molecule has 17 heavy (non-hydrogen) atoms. The molecule has 1 aromatic carbocycles. The summed E-state index contributed by atoms with van der Waals surface area (Å²) >= 11 is 9.31. The summed E-state index contributed by atoms with van der Waals surface area (Å²) in [5.41, 5.74) is 6.13. The Hall–Kier alpha value is -0.580. The average molecular weight is 320 g/mol. The van der Waals surface area contributed by atoms with Crippen LogP contribution in [0.2, 0.25) is 5.02 Å². The third kappa shape index (κ3) is 5.06. The lowest BCUT2D eigenvalue weighted by Crippen LogP contribution is -2.16. The van der Waals surface area contributed by atoms with Crippen LogP contribution in [0.25, 0.3) is 0 Å². The van der Waals surface area contributed by atoms with Crippen molar-refractivity contribution in [3.05, 3.63) is 27.7 Å². The van der Waals surface area contributed by atoms with E-state index in [0.29, 0.717) is 29.6 Å². The van der Waals surface area contributed by atoms with Crippen LogP contribution in [-0.4, -0.2) is 12.5 Å². The van der Waals surface area contributed by atoms with Crippen LogP contribution in [-0.2, 0) is 4.79 Å². The molecule has 1 aromatic rings. The summed E-state index contributed by atoms with van der Waals surface area (Å²) < 4.78 is 0.886. The lowest BCUT2D eigenvalue weighted by Gasteiger charge is -2.10. The summed E-state index contributed by atoms with van der Waals surface area (Å²) in [7, 11) is 0. The van der Waals surface area contributed by atoms with Crippen molar-refractivity contribution in [1.82, 2.24) is 0 Å². The molecule has 0 saturated heterocycles. The van der Waals surface area contributed by atoms with Crippen LogP contribution in [0, 0.1) is 5.92 Å².